The van der Waals surface area contributed by atoms with E-state index in [4.69, 9.17) is 10.5 Å². The molecular weight excluding hydrogens is 226 g/mol. The van der Waals surface area contributed by atoms with Gasteiger partial charge in [-0.05, 0) is 31.7 Å². The van der Waals surface area contributed by atoms with Crippen molar-refractivity contribution in [1.82, 2.24) is 4.98 Å². The van der Waals surface area contributed by atoms with Crippen LogP contribution in [0, 0.1) is 12.8 Å². The fraction of sp³-hybridized carbons (Fsp3) is 0.643. The third-order valence-electron chi connectivity index (χ3n) is 3.79. The Morgan fingerprint density at radius 3 is 2.83 bits per heavy atom. The van der Waals surface area contributed by atoms with Crippen LogP contribution in [0.25, 0.3) is 0 Å². The molecule has 1 unspecified atom stereocenters. The summed E-state index contributed by atoms with van der Waals surface area (Å²) >= 11 is 0. The molecule has 2 rings (SSSR count). The van der Waals surface area contributed by atoms with Gasteiger partial charge < -0.3 is 15.8 Å². The lowest BCUT2D eigenvalue weighted by atomic mass is 9.98. The fourth-order valence-corrected chi connectivity index (χ4v) is 2.75. The Hall–Kier alpha value is -1.29. The van der Waals surface area contributed by atoms with Crippen molar-refractivity contribution in [3.05, 3.63) is 18.0 Å². The smallest absolute Gasteiger partial charge is 0.160 e. The Bertz CT molecular complexity index is 389. The monoisotopic (exact) mass is 249 g/mol. The Morgan fingerprint density at radius 2 is 2.22 bits per heavy atom. The van der Waals surface area contributed by atoms with Crippen LogP contribution in [0.15, 0.2) is 12.3 Å². The van der Waals surface area contributed by atoms with E-state index >= 15 is 0 Å². The largest absolute Gasteiger partial charge is 0.493 e. The molecule has 0 saturated heterocycles. The molecule has 0 radical (unpaired) electrons. The third-order valence-corrected chi connectivity index (χ3v) is 3.79. The summed E-state index contributed by atoms with van der Waals surface area (Å²) in [6, 6.07) is 2.36. The van der Waals surface area contributed by atoms with Gasteiger partial charge >= 0.3 is 0 Å². The first-order chi connectivity index (χ1) is 8.74. The van der Waals surface area contributed by atoms with E-state index in [9.17, 15) is 0 Å². The fourth-order valence-electron chi connectivity index (χ4n) is 2.75. The first-order valence-corrected chi connectivity index (χ1v) is 6.72. The maximum absolute atomic E-state index is 5.91. The molecule has 0 amide bonds. The minimum Gasteiger partial charge on any atom is -0.493 e. The van der Waals surface area contributed by atoms with Crippen molar-refractivity contribution in [3.63, 3.8) is 0 Å². The van der Waals surface area contributed by atoms with Crippen LogP contribution in [0.1, 0.15) is 31.4 Å². The summed E-state index contributed by atoms with van der Waals surface area (Å²) in [5.41, 5.74) is 7.90. The molecule has 0 spiro atoms. The van der Waals surface area contributed by atoms with Gasteiger partial charge in [-0.1, -0.05) is 12.8 Å². The Morgan fingerprint density at radius 1 is 1.50 bits per heavy atom. The molecule has 18 heavy (non-hydrogen) atoms. The van der Waals surface area contributed by atoms with E-state index in [-0.39, 0.29) is 0 Å². The van der Waals surface area contributed by atoms with Crippen molar-refractivity contribution in [2.45, 2.75) is 38.6 Å². The van der Waals surface area contributed by atoms with Crippen LogP contribution in [0.5, 0.6) is 5.75 Å². The van der Waals surface area contributed by atoms with E-state index in [0.29, 0.717) is 18.5 Å². The number of aromatic nitrogens is 1. The first kappa shape index (κ1) is 13.1. The number of rotatable bonds is 5. The highest BCUT2D eigenvalue weighted by atomic mass is 16.5. The molecule has 1 aliphatic carbocycles. The average molecular weight is 249 g/mol. The van der Waals surface area contributed by atoms with Gasteiger partial charge in [0.2, 0.25) is 0 Å². The van der Waals surface area contributed by atoms with Gasteiger partial charge in [0.05, 0.1) is 19.0 Å². The number of anilines is 1. The van der Waals surface area contributed by atoms with E-state index in [1.807, 2.05) is 13.0 Å². The first-order valence-electron chi connectivity index (χ1n) is 6.72. The maximum atomic E-state index is 5.91. The lowest BCUT2D eigenvalue weighted by molar-refractivity contribution is 0.410. The summed E-state index contributed by atoms with van der Waals surface area (Å²) in [6.07, 6.45) is 6.98. The SMILES string of the molecule is COc1cnc(C)cc1NC(CN)C1CCCC1. The van der Waals surface area contributed by atoms with Gasteiger partial charge in [-0.15, -0.1) is 0 Å². The molecule has 0 aliphatic heterocycles. The van der Waals surface area contributed by atoms with Crippen molar-refractivity contribution in [2.24, 2.45) is 11.7 Å². The maximum Gasteiger partial charge on any atom is 0.160 e. The zero-order valence-electron chi connectivity index (χ0n) is 11.3. The third kappa shape index (κ3) is 2.93. The second-order valence-electron chi connectivity index (χ2n) is 5.06. The molecule has 1 aromatic rings. The lowest BCUT2D eigenvalue weighted by Crippen LogP contribution is -2.35. The molecule has 0 aromatic carbocycles. The molecule has 1 atom stereocenters. The van der Waals surface area contributed by atoms with Gasteiger partial charge in [-0.3, -0.25) is 4.98 Å². The number of nitrogens with zero attached hydrogens (tertiary/aromatic N) is 1. The highest BCUT2D eigenvalue weighted by Gasteiger charge is 2.24. The summed E-state index contributed by atoms with van der Waals surface area (Å²) in [4.78, 5) is 4.24. The van der Waals surface area contributed by atoms with Crippen LogP contribution in [0.2, 0.25) is 0 Å². The highest BCUT2D eigenvalue weighted by Crippen LogP contribution is 2.31. The molecule has 1 saturated carbocycles. The zero-order valence-corrected chi connectivity index (χ0v) is 11.3. The molecule has 1 heterocycles. The Kier molecular flexibility index (Phi) is 4.42. The van der Waals surface area contributed by atoms with Crippen molar-refractivity contribution < 1.29 is 4.74 Å². The van der Waals surface area contributed by atoms with Crippen molar-refractivity contribution in [1.29, 1.82) is 0 Å². The van der Waals surface area contributed by atoms with Gasteiger partial charge in [0, 0.05) is 18.3 Å². The minimum absolute atomic E-state index is 0.336. The van der Waals surface area contributed by atoms with Crippen molar-refractivity contribution in [3.8, 4) is 5.75 Å². The minimum atomic E-state index is 0.336. The number of nitrogens with two attached hydrogens (primary N) is 1. The number of aryl methyl sites for hydroxylation is 1. The zero-order chi connectivity index (χ0) is 13.0. The highest BCUT2D eigenvalue weighted by molar-refractivity contribution is 5.56. The summed E-state index contributed by atoms with van der Waals surface area (Å²) < 4.78 is 5.34. The summed E-state index contributed by atoms with van der Waals surface area (Å²) in [7, 11) is 1.67. The van der Waals surface area contributed by atoms with E-state index in [1.165, 1.54) is 25.7 Å². The van der Waals surface area contributed by atoms with Crippen LogP contribution in [-0.4, -0.2) is 24.7 Å². The summed E-state index contributed by atoms with van der Waals surface area (Å²) in [6.45, 7) is 2.65. The van der Waals surface area contributed by atoms with Gasteiger partial charge in [-0.25, -0.2) is 0 Å². The number of nitrogens with one attached hydrogen (secondary N) is 1. The molecule has 4 heteroatoms. The quantitative estimate of drug-likeness (QED) is 0.841. The number of methoxy groups -OCH3 is 1. The molecule has 1 fully saturated rings. The van der Waals surface area contributed by atoms with E-state index in [2.05, 4.69) is 10.3 Å². The summed E-state index contributed by atoms with van der Waals surface area (Å²) in [5.74, 6) is 1.48. The normalized spacial score (nSPS) is 17.7. The molecule has 100 valence electrons. The summed E-state index contributed by atoms with van der Waals surface area (Å²) in [5, 5.41) is 3.54. The van der Waals surface area contributed by atoms with Crippen molar-refractivity contribution >= 4 is 5.69 Å². The molecular formula is C14H23N3O. The number of hydrogen-bond donors (Lipinski definition) is 2. The van der Waals surface area contributed by atoms with Gasteiger partial charge in [0.1, 0.15) is 0 Å². The number of pyridine rings is 1. The van der Waals surface area contributed by atoms with Gasteiger partial charge in [0.15, 0.2) is 5.75 Å². The van der Waals surface area contributed by atoms with Crippen molar-refractivity contribution in [2.75, 3.05) is 19.0 Å². The molecule has 3 N–H and O–H groups in total. The average Bonchev–Trinajstić information content (AvgIpc) is 2.90. The van der Waals surface area contributed by atoms with E-state index < -0.39 is 0 Å². The van der Waals surface area contributed by atoms with Crippen LogP contribution < -0.4 is 15.8 Å². The topological polar surface area (TPSA) is 60.2 Å². The number of hydrogen-bond acceptors (Lipinski definition) is 4. The second-order valence-corrected chi connectivity index (χ2v) is 5.06. The second kappa shape index (κ2) is 6.05. The molecule has 0 bridgehead atoms. The molecule has 1 aliphatic rings. The van der Waals surface area contributed by atoms with Crippen LogP contribution >= 0.6 is 0 Å². The van der Waals surface area contributed by atoms with Gasteiger partial charge in [0.25, 0.3) is 0 Å². The predicted octanol–water partition coefficient (Wildman–Crippen LogP) is 2.33. The predicted molar refractivity (Wildman–Crippen MR) is 73.9 cm³/mol. The lowest BCUT2D eigenvalue weighted by Gasteiger charge is -2.25. The van der Waals surface area contributed by atoms with Crippen LogP contribution in [0.3, 0.4) is 0 Å². The molecule has 4 nitrogen and oxygen atoms in total. The van der Waals surface area contributed by atoms with E-state index in [1.54, 1.807) is 13.3 Å². The number of ether oxygens (including phenoxy) is 1. The Balaban J connectivity index is 2.12. The molecule has 1 aromatic heterocycles. The van der Waals surface area contributed by atoms with Crippen LogP contribution in [-0.2, 0) is 0 Å². The van der Waals surface area contributed by atoms with E-state index in [0.717, 1.165) is 17.1 Å². The van der Waals surface area contributed by atoms with Gasteiger partial charge in [-0.2, -0.15) is 0 Å². The van der Waals surface area contributed by atoms with Crippen LogP contribution in [0.4, 0.5) is 5.69 Å². The Labute approximate surface area is 109 Å². The standard InChI is InChI=1S/C14H23N3O/c1-10-7-12(14(18-2)9-16-10)17-13(8-15)11-5-3-4-6-11/h7,9,11,13H,3-6,8,15H2,1-2H3,(H,16,17).